The third kappa shape index (κ3) is 1.70. The minimum atomic E-state index is 0.118. The number of hydrogen-bond acceptors (Lipinski definition) is 2. The van der Waals surface area contributed by atoms with Gasteiger partial charge in [-0.3, -0.25) is 0 Å². The molecule has 1 aromatic carbocycles. The largest absolute Gasteiger partial charge is 0.501 e. The minimum Gasteiger partial charge on any atom is -0.501 e. The van der Waals surface area contributed by atoms with Crippen LogP contribution < -0.4 is 4.74 Å². The maximum Gasteiger partial charge on any atom is 0.119 e. The van der Waals surface area contributed by atoms with Gasteiger partial charge in [0.2, 0.25) is 0 Å². The maximum absolute atomic E-state index is 5.43. The van der Waals surface area contributed by atoms with Crippen LogP contribution in [0.1, 0.15) is 37.8 Å². The second-order valence-corrected chi connectivity index (χ2v) is 5.74. The van der Waals surface area contributed by atoms with Gasteiger partial charge in [0.1, 0.15) is 5.75 Å². The molecule has 2 aliphatic rings. The predicted octanol–water partition coefficient (Wildman–Crippen LogP) is 4.06. The molecule has 0 heterocycles. The van der Waals surface area contributed by atoms with E-state index in [-0.39, 0.29) is 5.41 Å². The Kier molecular flexibility index (Phi) is 2.70. The van der Waals surface area contributed by atoms with E-state index in [1.54, 1.807) is 14.2 Å². The van der Waals surface area contributed by atoms with Crippen LogP contribution in [0.4, 0.5) is 0 Å². The van der Waals surface area contributed by atoms with Crippen LogP contribution in [0, 0.1) is 0 Å². The molecule has 0 fully saturated rings. The Balaban J connectivity index is 2.20. The first kappa shape index (κ1) is 12.3. The number of hydrogen-bond donors (Lipinski definition) is 0. The highest BCUT2D eigenvalue weighted by Gasteiger charge is 2.38. The van der Waals surface area contributed by atoms with Gasteiger partial charge in [0.15, 0.2) is 0 Å². The first-order valence-corrected chi connectivity index (χ1v) is 6.75. The van der Waals surface area contributed by atoms with Crippen LogP contribution in [-0.2, 0) is 10.2 Å². The van der Waals surface area contributed by atoms with Crippen LogP contribution in [0.3, 0.4) is 0 Å². The summed E-state index contributed by atoms with van der Waals surface area (Å²) in [5.74, 6) is 1.99. The van der Waals surface area contributed by atoms with E-state index in [2.05, 4.69) is 38.1 Å². The summed E-state index contributed by atoms with van der Waals surface area (Å²) in [6, 6.07) is 6.40. The molecule has 0 N–H and O–H groups in total. The first-order chi connectivity index (χ1) is 9.07. The molecule has 0 saturated heterocycles. The number of allylic oxidation sites excluding steroid dienone is 4. The van der Waals surface area contributed by atoms with Crippen LogP contribution in [0.15, 0.2) is 35.6 Å². The Morgan fingerprint density at radius 2 is 1.84 bits per heavy atom. The average Bonchev–Trinajstić information content (AvgIpc) is 2.66. The fourth-order valence-electron chi connectivity index (χ4n) is 3.33. The molecule has 2 heteroatoms. The van der Waals surface area contributed by atoms with Crippen LogP contribution in [0.2, 0.25) is 0 Å². The van der Waals surface area contributed by atoms with Crippen molar-refractivity contribution in [3.63, 3.8) is 0 Å². The fraction of sp³-hybridized carbons (Fsp3) is 0.412. The highest BCUT2D eigenvalue weighted by atomic mass is 16.5. The summed E-state index contributed by atoms with van der Waals surface area (Å²) < 4.78 is 10.8. The molecule has 0 spiro atoms. The van der Waals surface area contributed by atoms with Crippen LogP contribution in [0.5, 0.6) is 5.75 Å². The zero-order chi connectivity index (χ0) is 13.6. The Bertz CT molecular complexity index is 591. The molecule has 100 valence electrons. The van der Waals surface area contributed by atoms with E-state index in [9.17, 15) is 0 Å². The molecule has 0 unspecified atom stereocenters. The summed E-state index contributed by atoms with van der Waals surface area (Å²) in [6.07, 6.45) is 4.29. The number of methoxy groups -OCH3 is 2. The van der Waals surface area contributed by atoms with Crippen molar-refractivity contribution in [2.45, 2.75) is 32.1 Å². The fourth-order valence-corrected chi connectivity index (χ4v) is 3.33. The predicted molar refractivity (Wildman–Crippen MR) is 77.3 cm³/mol. The van der Waals surface area contributed by atoms with Crippen LogP contribution >= 0.6 is 0 Å². The van der Waals surface area contributed by atoms with Crippen LogP contribution in [-0.4, -0.2) is 14.2 Å². The smallest absolute Gasteiger partial charge is 0.119 e. The number of fused-ring (bicyclic) bond motifs is 2. The van der Waals surface area contributed by atoms with Gasteiger partial charge in [0.25, 0.3) is 0 Å². The maximum atomic E-state index is 5.43. The average molecular weight is 256 g/mol. The van der Waals surface area contributed by atoms with Crippen molar-refractivity contribution < 1.29 is 9.47 Å². The van der Waals surface area contributed by atoms with Gasteiger partial charge in [-0.1, -0.05) is 25.5 Å². The van der Waals surface area contributed by atoms with Crippen molar-refractivity contribution in [1.82, 2.24) is 0 Å². The lowest BCUT2D eigenvalue weighted by molar-refractivity contribution is 0.275. The van der Waals surface area contributed by atoms with Gasteiger partial charge in [-0.25, -0.2) is 0 Å². The molecule has 0 aliphatic heterocycles. The molecule has 0 aromatic heterocycles. The molecule has 0 bridgehead atoms. The summed E-state index contributed by atoms with van der Waals surface area (Å²) in [4.78, 5) is 0. The van der Waals surface area contributed by atoms with Crippen molar-refractivity contribution >= 4 is 5.57 Å². The van der Waals surface area contributed by atoms with Crippen molar-refractivity contribution in [2.24, 2.45) is 0 Å². The number of benzene rings is 1. The number of rotatable bonds is 2. The van der Waals surface area contributed by atoms with Crippen molar-refractivity contribution in [3.8, 4) is 5.75 Å². The Morgan fingerprint density at radius 1 is 1.05 bits per heavy atom. The molecule has 0 amide bonds. The lowest BCUT2D eigenvalue weighted by atomic mass is 9.78. The lowest BCUT2D eigenvalue weighted by Crippen LogP contribution is -2.18. The van der Waals surface area contributed by atoms with E-state index in [1.165, 1.54) is 22.3 Å². The Hall–Kier alpha value is -1.70. The second kappa shape index (κ2) is 4.16. The van der Waals surface area contributed by atoms with E-state index < -0.39 is 0 Å². The van der Waals surface area contributed by atoms with E-state index in [1.807, 2.05) is 0 Å². The van der Waals surface area contributed by atoms with Crippen LogP contribution in [0.25, 0.3) is 5.57 Å². The Morgan fingerprint density at radius 3 is 2.53 bits per heavy atom. The molecule has 2 nitrogen and oxygen atoms in total. The summed E-state index contributed by atoms with van der Waals surface area (Å²) in [7, 11) is 3.47. The summed E-state index contributed by atoms with van der Waals surface area (Å²) in [6.45, 7) is 4.62. The second-order valence-electron chi connectivity index (χ2n) is 5.74. The van der Waals surface area contributed by atoms with Crippen molar-refractivity contribution in [2.75, 3.05) is 14.2 Å². The minimum absolute atomic E-state index is 0.118. The summed E-state index contributed by atoms with van der Waals surface area (Å²) in [5.41, 5.74) is 5.67. The zero-order valence-corrected chi connectivity index (χ0v) is 12.0. The molecule has 19 heavy (non-hydrogen) atoms. The molecule has 0 saturated carbocycles. The molecule has 0 atom stereocenters. The summed E-state index contributed by atoms with van der Waals surface area (Å²) in [5, 5.41) is 0. The Labute approximate surface area is 114 Å². The lowest BCUT2D eigenvalue weighted by Gasteiger charge is -2.26. The van der Waals surface area contributed by atoms with Crippen molar-refractivity contribution in [1.29, 1.82) is 0 Å². The number of ether oxygens (including phenoxy) is 2. The zero-order valence-electron chi connectivity index (χ0n) is 12.0. The molecular formula is C17H20O2. The highest BCUT2D eigenvalue weighted by molar-refractivity contribution is 5.87. The van der Waals surface area contributed by atoms with E-state index in [4.69, 9.17) is 9.47 Å². The van der Waals surface area contributed by atoms with Gasteiger partial charge < -0.3 is 9.47 Å². The molecule has 1 aromatic rings. The SMILES string of the molecule is COC1=CC2=C(CC1)C(C)(C)c1ccc(OC)cc12. The normalized spacial score (nSPS) is 19.7. The quantitative estimate of drug-likeness (QED) is 0.794. The molecule has 0 radical (unpaired) electrons. The van der Waals surface area contributed by atoms with Gasteiger partial charge in [0.05, 0.1) is 20.0 Å². The van der Waals surface area contributed by atoms with Gasteiger partial charge in [-0.2, -0.15) is 0 Å². The van der Waals surface area contributed by atoms with E-state index in [0.717, 1.165) is 24.4 Å². The van der Waals surface area contributed by atoms with Gasteiger partial charge in [-0.15, -0.1) is 0 Å². The van der Waals surface area contributed by atoms with Gasteiger partial charge in [-0.05, 0) is 41.3 Å². The molecule has 3 rings (SSSR count). The van der Waals surface area contributed by atoms with Gasteiger partial charge in [0, 0.05) is 11.8 Å². The van der Waals surface area contributed by atoms with E-state index >= 15 is 0 Å². The standard InChI is InChI=1S/C17H20O2/c1-17(2)15-7-5-11(18-3)9-13(15)14-10-12(19-4)6-8-16(14)17/h5,7,9-10H,6,8H2,1-4H3. The third-order valence-corrected chi connectivity index (χ3v) is 4.46. The topological polar surface area (TPSA) is 18.5 Å². The monoisotopic (exact) mass is 256 g/mol. The van der Waals surface area contributed by atoms with Crippen molar-refractivity contribution in [3.05, 3.63) is 46.7 Å². The molecular weight excluding hydrogens is 236 g/mol. The first-order valence-electron chi connectivity index (χ1n) is 6.75. The highest BCUT2D eigenvalue weighted by Crippen LogP contribution is 2.51. The van der Waals surface area contributed by atoms with Gasteiger partial charge >= 0.3 is 0 Å². The summed E-state index contributed by atoms with van der Waals surface area (Å²) >= 11 is 0. The third-order valence-electron chi connectivity index (χ3n) is 4.46. The molecule has 2 aliphatic carbocycles. The van der Waals surface area contributed by atoms with E-state index in [0.29, 0.717) is 0 Å².